The van der Waals surface area contributed by atoms with Crippen LogP contribution in [0.15, 0.2) is 42.5 Å². The van der Waals surface area contributed by atoms with Gasteiger partial charge in [0.05, 0.1) is 0 Å². The van der Waals surface area contributed by atoms with E-state index in [9.17, 15) is 4.79 Å². The lowest BCUT2D eigenvalue weighted by Gasteiger charge is -2.21. The number of benzene rings is 1. The van der Waals surface area contributed by atoms with Crippen LogP contribution in [0.4, 0.5) is 5.69 Å². The monoisotopic (exact) mass is 228 g/mol. The third-order valence-electron chi connectivity index (χ3n) is 2.72. The van der Waals surface area contributed by atoms with Gasteiger partial charge < -0.3 is 10.6 Å². The molecule has 0 aromatic heterocycles. The van der Waals surface area contributed by atoms with Crippen LogP contribution in [0.3, 0.4) is 0 Å². The number of hydrogen-bond donors (Lipinski definition) is 1. The number of rotatable bonds is 2. The molecule has 3 heteroatoms. The summed E-state index contributed by atoms with van der Waals surface area (Å²) in [5, 5.41) is 0. The molecular weight excluding hydrogens is 212 g/mol. The summed E-state index contributed by atoms with van der Waals surface area (Å²) in [7, 11) is 0. The minimum absolute atomic E-state index is 0.0613. The van der Waals surface area contributed by atoms with Crippen molar-refractivity contribution >= 4 is 17.7 Å². The van der Waals surface area contributed by atoms with Crippen LogP contribution >= 0.6 is 0 Å². The van der Waals surface area contributed by atoms with Gasteiger partial charge in [-0.2, -0.15) is 0 Å². The Morgan fingerprint density at radius 3 is 2.65 bits per heavy atom. The highest BCUT2D eigenvalue weighted by Gasteiger charge is 2.09. The van der Waals surface area contributed by atoms with Crippen molar-refractivity contribution in [2.24, 2.45) is 0 Å². The molecule has 1 aromatic rings. The molecule has 0 saturated heterocycles. The second-order valence-corrected chi connectivity index (χ2v) is 4.04. The molecule has 0 radical (unpaired) electrons. The van der Waals surface area contributed by atoms with Gasteiger partial charge in [-0.3, -0.25) is 4.79 Å². The van der Waals surface area contributed by atoms with E-state index in [1.165, 1.54) is 0 Å². The van der Waals surface area contributed by atoms with E-state index in [0.717, 1.165) is 24.2 Å². The van der Waals surface area contributed by atoms with Crippen LogP contribution in [0.25, 0.3) is 6.08 Å². The van der Waals surface area contributed by atoms with Crippen LogP contribution in [-0.2, 0) is 4.79 Å². The van der Waals surface area contributed by atoms with Crippen molar-refractivity contribution < 1.29 is 4.79 Å². The van der Waals surface area contributed by atoms with E-state index < -0.39 is 0 Å². The first kappa shape index (κ1) is 11.5. The molecule has 0 unspecified atom stereocenters. The van der Waals surface area contributed by atoms with Crippen LogP contribution in [-0.4, -0.2) is 23.9 Å². The Kier molecular flexibility index (Phi) is 3.60. The topological polar surface area (TPSA) is 46.3 Å². The van der Waals surface area contributed by atoms with Crippen LogP contribution in [0, 0.1) is 0 Å². The molecule has 17 heavy (non-hydrogen) atoms. The number of carbonyl (C=O) groups excluding carboxylic acids is 1. The molecule has 88 valence electrons. The van der Waals surface area contributed by atoms with E-state index in [-0.39, 0.29) is 5.91 Å². The minimum atomic E-state index is 0.0613. The molecule has 0 spiro atoms. The van der Waals surface area contributed by atoms with E-state index in [4.69, 9.17) is 5.73 Å². The fourth-order valence-corrected chi connectivity index (χ4v) is 1.72. The van der Waals surface area contributed by atoms with Crippen molar-refractivity contribution in [1.29, 1.82) is 0 Å². The second-order valence-electron chi connectivity index (χ2n) is 4.04. The SMILES string of the molecule is Nc1ccc(/C=C/C(=O)N2CC=CCC2)cc1. The van der Waals surface area contributed by atoms with E-state index in [1.54, 1.807) is 6.08 Å². The molecule has 0 aliphatic carbocycles. The summed E-state index contributed by atoms with van der Waals surface area (Å²) in [4.78, 5) is 13.6. The van der Waals surface area contributed by atoms with Crippen molar-refractivity contribution in [2.75, 3.05) is 18.8 Å². The smallest absolute Gasteiger partial charge is 0.246 e. The average molecular weight is 228 g/mol. The number of hydrogen-bond acceptors (Lipinski definition) is 2. The number of nitrogens with zero attached hydrogens (tertiary/aromatic N) is 1. The summed E-state index contributed by atoms with van der Waals surface area (Å²) in [6.07, 6.45) is 8.51. The van der Waals surface area contributed by atoms with Crippen molar-refractivity contribution in [3.63, 3.8) is 0 Å². The van der Waals surface area contributed by atoms with E-state index in [1.807, 2.05) is 41.3 Å². The molecule has 0 fully saturated rings. The maximum absolute atomic E-state index is 11.8. The number of carbonyl (C=O) groups is 1. The van der Waals surface area contributed by atoms with Gasteiger partial charge in [-0.25, -0.2) is 0 Å². The summed E-state index contributed by atoms with van der Waals surface area (Å²) < 4.78 is 0. The third-order valence-corrected chi connectivity index (χ3v) is 2.72. The second kappa shape index (κ2) is 5.34. The van der Waals surface area contributed by atoms with Gasteiger partial charge in [0.25, 0.3) is 0 Å². The minimum Gasteiger partial charge on any atom is -0.399 e. The lowest BCUT2D eigenvalue weighted by Crippen LogP contribution is -2.32. The Morgan fingerprint density at radius 2 is 2.00 bits per heavy atom. The van der Waals surface area contributed by atoms with Gasteiger partial charge >= 0.3 is 0 Å². The predicted octanol–water partition coefficient (Wildman–Crippen LogP) is 2.07. The van der Waals surface area contributed by atoms with Gasteiger partial charge in [-0.05, 0) is 30.2 Å². The van der Waals surface area contributed by atoms with Crippen molar-refractivity contribution in [2.45, 2.75) is 6.42 Å². The van der Waals surface area contributed by atoms with Gasteiger partial charge in [0.15, 0.2) is 0 Å². The van der Waals surface area contributed by atoms with Gasteiger partial charge in [0.2, 0.25) is 5.91 Å². The average Bonchev–Trinajstić information content (AvgIpc) is 2.39. The normalized spacial score (nSPS) is 15.4. The molecule has 2 rings (SSSR count). The number of nitrogens with two attached hydrogens (primary N) is 1. The van der Waals surface area contributed by atoms with Crippen molar-refractivity contribution in [1.82, 2.24) is 4.90 Å². The predicted molar refractivity (Wildman–Crippen MR) is 70.2 cm³/mol. The maximum Gasteiger partial charge on any atom is 0.246 e. The summed E-state index contributed by atoms with van der Waals surface area (Å²) in [6.45, 7) is 1.52. The first-order valence-electron chi connectivity index (χ1n) is 5.73. The summed E-state index contributed by atoms with van der Waals surface area (Å²) in [5.41, 5.74) is 7.31. The fraction of sp³-hybridized carbons (Fsp3) is 0.214. The fourth-order valence-electron chi connectivity index (χ4n) is 1.72. The van der Waals surface area contributed by atoms with Crippen molar-refractivity contribution in [3.05, 3.63) is 48.1 Å². The highest BCUT2D eigenvalue weighted by atomic mass is 16.2. The van der Waals surface area contributed by atoms with Gasteiger partial charge in [0, 0.05) is 24.9 Å². The quantitative estimate of drug-likeness (QED) is 0.478. The van der Waals surface area contributed by atoms with E-state index >= 15 is 0 Å². The Labute approximate surface area is 101 Å². The Hall–Kier alpha value is -2.03. The van der Waals surface area contributed by atoms with E-state index in [0.29, 0.717) is 6.54 Å². The first-order valence-corrected chi connectivity index (χ1v) is 5.73. The maximum atomic E-state index is 11.8. The molecule has 0 atom stereocenters. The molecular formula is C14H16N2O. The Bertz CT molecular complexity index is 446. The summed E-state index contributed by atoms with van der Waals surface area (Å²) in [5.74, 6) is 0.0613. The van der Waals surface area contributed by atoms with Gasteiger partial charge in [0.1, 0.15) is 0 Å². The highest BCUT2D eigenvalue weighted by Crippen LogP contribution is 2.08. The number of anilines is 1. The standard InChI is InChI=1S/C14H16N2O/c15-13-7-4-12(5-8-13)6-9-14(17)16-10-2-1-3-11-16/h1-2,4-9H,3,10-11,15H2/b9-6+. The first-order chi connectivity index (χ1) is 8.25. The van der Waals surface area contributed by atoms with E-state index in [2.05, 4.69) is 6.08 Å². The molecule has 1 heterocycles. The molecule has 1 aliphatic rings. The largest absolute Gasteiger partial charge is 0.399 e. The Balaban J connectivity index is 1.98. The molecule has 3 nitrogen and oxygen atoms in total. The van der Waals surface area contributed by atoms with Crippen LogP contribution in [0.5, 0.6) is 0 Å². The molecule has 0 bridgehead atoms. The zero-order valence-electron chi connectivity index (χ0n) is 9.67. The summed E-state index contributed by atoms with van der Waals surface area (Å²) in [6, 6.07) is 7.45. The number of amides is 1. The molecule has 0 saturated carbocycles. The summed E-state index contributed by atoms with van der Waals surface area (Å²) >= 11 is 0. The molecule has 2 N–H and O–H groups in total. The number of nitrogen functional groups attached to an aromatic ring is 1. The Morgan fingerprint density at radius 1 is 1.24 bits per heavy atom. The zero-order chi connectivity index (χ0) is 12.1. The lowest BCUT2D eigenvalue weighted by atomic mass is 10.2. The third kappa shape index (κ3) is 3.21. The van der Waals surface area contributed by atoms with Crippen LogP contribution in [0.2, 0.25) is 0 Å². The molecule has 1 aliphatic heterocycles. The lowest BCUT2D eigenvalue weighted by molar-refractivity contribution is -0.125. The van der Waals surface area contributed by atoms with Gasteiger partial charge in [-0.1, -0.05) is 24.3 Å². The molecule has 1 aromatic carbocycles. The van der Waals surface area contributed by atoms with Crippen molar-refractivity contribution in [3.8, 4) is 0 Å². The van der Waals surface area contributed by atoms with Crippen LogP contribution < -0.4 is 5.73 Å². The highest BCUT2D eigenvalue weighted by molar-refractivity contribution is 5.92. The zero-order valence-corrected chi connectivity index (χ0v) is 9.67. The van der Waals surface area contributed by atoms with Crippen LogP contribution in [0.1, 0.15) is 12.0 Å². The molecule has 1 amide bonds. The van der Waals surface area contributed by atoms with Gasteiger partial charge in [-0.15, -0.1) is 0 Å².